The number of ether oxygens (including phenoxy) is 1. The summed E-state index contributed by atoms with van der Waals surface area (Å²) in [6.07, 6.45) is 0.0155. The van der Waals surface area contributed by atoms with Crippen molar-refractivity contribution in [2.24, 2.45) is 0 Å². The van der Waals surface area contributed by atoms with E-state index in [9.17, 15) is 14.7 Å². The number of esters is 1. The molecular formula is C13H19ClO4. The van der Waals surface area contributed by atoms with Crippen LogP contribution in [0.3, 0.4) is 0 Å². The molecule has 0 aliphatic heterocycles. The van der Waals surface area contributed by atoms with Gasteiger partial charge in [0.05, 0.1) is 12.0 Å². The summed E-state index contributed by atoms with van der Waals surface area (Å²) in [6, 6.07) is 0. The lowest BCUT2D eigenvalue weighted by Gasteiger charge is -2.07. The minimum absolute atomic E-state index is 0.178. The van der Waals surface area contributed by atoms with Gasteiger partial charge in [0.1, 0.15) is 18.3 Å². The average molecular weight is 275 g/mol. The molecule has 0 aromatic rings. The topological polar surface area (TPSA) is 63.6 Å². The Hall–Kier alpha value is -1.05. The standard InChI is InChI=1S/C13H19ClO4/c1-3-11(14)12(16)8-6-5-7-10(15)9-13(17)18-4-2/h11-12,16H,3-5,7,9H2,1-2H3. The van der Waals surface area contributed by atoms with Crippen molar-refractivity contribution in [3.05, 3.63) is 0 Å². The van der Waals surface area contributed by atoms with E-state index in [1.54, 1.807) is 6.92 Å². The molecule has 2 atom stereocenters. The van der Waals surface area contributed by atoms with E-state index in [4.69, 9.17) is 11.6 Å². The maximum Gasteiger partial charge on any atom is 0.313 e. The second kappa shape index (κ2) is 9.93. The lowest BCUT2D eigenvalue weighted by atomic mass is 10.1. The van der Waals surface area contributed by atoms with Gasteiger partial charge in [0.15, 0.2) is 0 Å². The highest BCUT2D eigenvalue weighted by Gasteiger charge is 2.11. The number of aliphatic hydroxyl groups excluding tert-OH is 1. The third-order valence-electron chi connectivity index (χ3n) is 2.16. The predicted octanol–water partition coefficient (Wildman–Crippen LogP) is 1.67. The fourth-order valence-electron chi connectivity index (χ4n) is 1.15. The molecule has 0 spiro atoms. The molecule has 18 heavy (non-hydrogen) atoms. The zero-order chi connectivity index (χ0) is 14.0. The molecule has 0 saturated heterocycles. The van der Waals surface area contributed by atoms with Crippen LogP contribution in [-0.4, -0.2) is 34.9 Å². The van der Waals surface area contributed by atoms with Gasteiger partial charge in [-0.2, -0.15) is 0 Å². The van der Waals surface area contributed by atoms with Gasteiger partial charge in [-0.25, -0.2) is 0 Å². The molecule has 0 aliphatic rings. The van der Waals surface area contributed by atoms with E-state index in [0.29, 0.717) is 12.8 Å². The zero-order valence-electron chi connectivity index (χ0n) is 10.7. The summed E-state index contributed by atoms with van der Waals surface area (Å²) in [4.78, 5) is 22.3. The Kier molecular flexibility index (Phi) is 9.35. The van der Waals surface area contributed by atoms with Gasteiger partial charge in [0.2, 0.25) is 0 Å². The largest absolute Gasteiger partial charge is 0.466 e. The van der Waals surface area contributed by atoms with Crippen LogP contribution in [-0.2, 0) is 14.3 Å². The predicted molar refractivity (Wildman–Crippen MR) is 69.2 cm³/mol. The van der Waals surface area contributed by atoms with E-state index in [1.807, 2.05) is 6.92 Å². The molecule has 5 heteroatoms. The summed E-state index contributed by atoms with van der Waals surface area (Å²) in [5.74, 6) is 4.53. The minimum atomic E-state index is -0.878. The molecule has 0 radical (unpaired) electrons. The molecule has 0 amide bonds. The summed E-state index contributed by atoms with van der Waals surface area (Å²) in [5.41, 5.74) is 0. The molecule has 0 aromatic heterocycles. The molecule has 0 bridgehead atoms. The highest BCUT2D eigenvalue weighted by atomic mass is 35.5. The number of Topliss-reactive ketones (excluding diaryl/α,β-unsaturated/α-hetero) is 1. The van der Waals surface area contributed by atoms with Crippen LogP contribution in [0.25, 0.3) is 0 Å². The number of carbonyl (C=O) groups excluding carboxylic acids is 2. The Labute approximate surface area is 113 Å². The summed E-state index contributed by atoms with van der Waals surface area (Å²) >= 11 is 5.78. The monoisotopic (exact) mass is 274 g/mol. The Morgan fingerprint density at radius 1 is 1.39 bits per heavy atom. The zero-order valence-corrected chi connectivity index (χ0v) is 11.5. The molecular weight excluding hydrogens is 256 g/mol. The van der Waals surface area contributed by atoms with E-state index in [-0.39, 0.29) is 25.2 Å². The molecule has 0 aliphatic carbocycles. The van der Waals surface area contributed by atoms with Crippen LogP contribution in [0.15, 0.2) is 0 Å². The van der Waals surface area contributed by atoms with Crippen LogP contribution < -0.4 is 0 Å². The van der Waals surface area contributed by atoms with Crippen molar-refractivity contribution in [2.75, 3.05) is 6.61 Å². The Morgan fingerprint density at radius 3 is 2.61 bits per heavy atom. The first kappa shape index (κ1) is 16.9. The van der Waals surface area contributed by atoms with Gasteiger partial charge in [-0.3, -0.25) is 9.59 Å². The third-order valence-corrected chi connectivity index (χ3v) is 2.71. The van der Waals surface area contributed by atoms with Crippen molar-refractivity contribution in [2.45, 2.75) is 51.0 Å². The normalized spacial score (nSPS) is 13.1. The lowest BCUT2D eigenvalue weighted by Crippen LogP contribution is -2.17. The summed E-state index contributed by atoms with van der Waals surface area (Å²) in [6.45, 7) is 3.81. The quantitative estimate of drug-likeness (QED) is 0.332. The van der Waals surface area contributed by atoms with Gasteiger partial charge in [0, 0.05) is 12.8 Å². The van der Waals surface area contributed by atoms with Crippen LogP contribution in [0.1, 0.15) is 39.5 Å². The first-order chi connectivity index (χ1) is 8.51. The summed E-state index contributed by atoms with van der Waals surface area (Å²) < 4.78 is 4.65. The number of halogens is 1. The Morgan fingerprint density at radius 2 is 2.06 bits per heavy atom. The average Bonchev–Trinajstić information content (AvgIpc) is 2.33. The number of hydrogen-bond donors (Lipinski definition) is 1. The lowest BCUT2D eigenvalue weighted by molar-refractivity contribution is -0.145. The van der Waals surface area contributed by atoms with Gasteiger partial charge in [-0.05, 0) is 13.3 Å². The second-order valence-corrected chi connectivity index (χ2v) is 4.27. The van der Waals surface area contributed by atoms with Crippen molar-refractivity contribution in [1.82, 2.24) is 0 Å². The van der Waals surface area contributed by atoms with Crippen LogP contribution in [0, 0.1) is 11.8 Å². The number of hydrogen-bond acceptors (Lipinski definition) is 4. The van der Waals surface area contributed by atoms with Gasteiger partial charge in [-0.15, -0.1) is 17.5 Å². The van der Waals surface area contributed by atoms with Crippen LogP contribution in [0.4, 0.5) is 0 Å². The SMILES string of the molecule is CCOC(=O)CC(=O)CCC#CC(O)C(Cl)CC. The van der Waals surface area contributed by atoms with E-state index in [2.05, 4.69) is 16.6 Å². The first-order valence-corrected chi connectivity index (χ1v) is 6.42. The number of aliphatic hydroxyl groups is 1. The highest BCUT2D eigenvalue weighted by Crippen LogP contribution is 2.06. The van der Waals surface area contributed by atoms with Gasteiger partial charge < -0.3 is 9.84 Å². The fourth-order valence-corrected chi connectivity index (χ4v) is 1.22. The fraction of sp³-hybridized carbons (Fsp3) is 0.692. The van der Waals surface area contributed by atoms with Crippen LogP contribution in [0.2, 0.25) is 0 Å². The number of ketones is 1. The summed E-state index contributed by atoms with van der Waals surface area (Å²) in [5, 5.41) is 9.04. The molecule has 0 heterocycles. The molecule has 2 unspecified atom stereocenters. The van der Waals surface area contributed by atoms with E-state index >= 15 is 0 Å². The number of rotatable bonds is 7. The van der Waals surface area contributed by atoms with Crippen molar-refractivity contribution >= 4 is 23.4 Å². The highest BCUT2D eigenvalue weighted by molar-refractivity contribution is 6.21. The summed E-state index contributed by atoms with van der Waals surface area (Å²) in [7, 11) is 0. The van der Waals surface area contributed by atoms with E-state index < -0.39 is 17.5 Å². The second-order valence-electron chi connectivity index (χ2n) is 3.71. The molecule has 1 N–H and O–H groups in total. The smallest absolute Gasteiger partial charge is 0.313 e. The van der Waals surface area contributed by atoms with Crippen molar-refractivity contribution in [3.8, 4) is 11.8 Å². The maximum absolute atomic E-state index is 11.3. The number of alkyl halides is 1. The van der Waals surface area contributed by atoms with E-state index in [1.165, 1.54) is 0 Å². The Bertz CT molecular complexity index is 330. The molecule has 4 nitrogen and oxygen atoms in total. The molecule has 0 rings (SSSR count). The van der Waals surface area contributed by atoms with Gasteiger partial charge in [-0.1, -0.05) is 12.8 Å². The molecule has 102 valence electrons. The molecule has 0 aromatic carbocycles. The minimum Gasteiger partial charge on any atom is -0.466 e. The molecule has 0 fully saturated rings. The van der Waals surface area contributed by atoms with Gasteiger partial charge in [0.25, 0.3) is 0 Å². The van der Waals surface area contributed by atoms with Crippen molar-refractivity contribution in [1.29, 1.82) is 0 Å². The molecule has 0 saturated carbocycles. The van der Waals surface area contributed by atoms with E-state index in [0.717, 1.165) is 0 Å². The van der Waals surface area contributed by atoms with Crippen molar-refractivity contribution in [3.63, 3.8) is 0 Å². The maximum atomic E-state index is 11.3. The Balaban J connectivity index is 3.87. The van der Waals surface area contributed by atoms with Crippen LogP contribution in [0.5, 0.6) is 0 Å². The number of carbonyl (C=O) groups is 2. The van der Waals surface area contributed by atoms with Crippen LogP contribution >= 0.6 is 11.6 Å². The first-order valence-electron chi connectivity index (χ1n) is 5.99. The van der Waals surface area contributed by atoms with Gasteiger partial charge >= 0.3 is 5.97 Å². The van der Waals surface area contributed by atoms with Crippen molar-refractivity contribution < 1.29 is 19.4 Å². The third kappa shape index (κ3) is 8.10.